The van der Waals surface area contributed by atoms with Crippen LogP contribution in [0.15, 0.2) is 22.8 Å². The summed E-state index contributed by atoms with van der Waals surface area (Å²) in [5.74, 6) is 1.10. The molecule has 1 N–H and O–H groups in total. The topological polar surface area (TPSA) is 28.4 Å². The standard InChI is InChI=1S/C14H24N2O/c1-11(2)15-13-6-7-16(10-13)12(3)9-14-5-4-8-17-14/h4-5,8,11-13,15H,6-7,9-10H2,1-3H3. The van der Waals surface area contributed by atoms with Gasteiger partial charge in [0.25, 0.3) is 0 Å². The van der Waals surface area contributed by atoms with E-state index in [4.69, 9.17) is 4.42 Å². The Balaban J connectivity index is 1.79. The molecule has 0 aliphatic carbocycles. The molecular weight excluding hydrogens is 212 g/mol. The van der Waals surface area contributed by atoms with Gasteiger partial charge in [0.2, 0.25) is 0 Å². The molecule has 17 heavy (non-hydrogen) atoms. The van der Waals surface area contributed by atoms with Crippen LogP contribution in [-0.4, -0.2) is 36.1 Å². The number of furan rings is 1. The second kappa shape index (κ2) is 5.69. The van der Waals surface area contributed by atoms with Gasteiger partial charge < -0.3 is 9.73 Å². The zero-order valence-electron chi connectivity index (χ0n) is 11.1. The maximum Gasteiger partial charge on any atom is 0.105 e. The van der Waals surface area contributed by atoms with Crippen LogP contribution in [0.4, 0.5) is 0 Å². The molecule has 2 rings (SSSR count). The van der Waals surface area contributed by atoms with Crippen molar-refractivity contribution in [1.29, 1.82) is 0 Å². The zero-order chi connectivity index (χ0) is 12.3. The SMILES string of the molecule is CC(C)NC1CCN(C(C)Cc2ccco2)C1. The first-order valence-electron chi connectivity index (χ1n) is 6.67. The van der Waals surface area contributed by atoms with Crippen LogP contribution < -0.4 is 5.32 Å². The molecule has 0 saturated carbocycles. The fourth-order valence-corrected chi connectivity index (χ4v) is 2.64. The molecular formula is C14H24N2O. The van der Waals surface area contributed by atoms with Crippen LogP contribution in [0.5, 0.6) is 0 Å². The zero-order valence-corrected chi connectivity index (χ0v) is 11.1. The quantitative estimate of drug-likeness (QED) is 0.850. The fraction of sp³-hybridized carbons (Fsp3) is 0.714. The Morgan fingerprint density at radius 1 is 1.47 bits per heavy atom. The van der Waals surface area contributed by atoms with Crippen molar-refractivity contribution < 1.29 is 4.42 Å². The van der Waals surface area contributed by atoms with Crippen molar-refractivity contribution in [2.24, 2.45) is 0 Å². The van der Waals surface area contributed by atoms with Gasteiger partial charge in [0.15, 0.2) is 0 Å². The van der Waals surface area contributed by atoms with E-state index >= 15 is 0 Å². The van der Waals surface area contributed by atoms with Crippen molar-refractivity contribution in [2.75, 3.05) is 13.1 Å². The summed E-state index contributed by atoms with van der Waals surface area (Å²) < 4.78 is 5.41. The van der Waals surface area contributed by atoms with Crippen molar-refractivity contribution in [3.8, 4) is 0 Å². The first-order chi connectivity index (χ1) is 8.15. The molecule has 2 atom stereocenters. The third-order valence-corrected chi connectivity index (χ3v) is 3.49. The van der Waals surface area contributed by atoms with Crippen molar-refractivity contribution in [2.45, 2.75) is 51.7 Å². The highest BCUT2D eigenvalue weighted by atomic mass is 16.3. The highest BCUT2D eigenvalue weighted by Crippen LogP contribution is 2.16. The van der Waals surface area contributed by atoms with Gasteiger partial charge in [-0.2, -0.15) is 0 Å². The Labute approximate surface area is 104 Å². The van der Waals surface area contributed by atoms with E-state index in [1.54, 1.807) is 6.26 Å². The minimum atomic E-state index is 0.570. The lowest BCUT2D eigenvalue weighted by molar-refractivity contribution is 0.240. The second-order valence-corrected chi connectivity index (χ2v) is 5.43. The Hall–Kier alpha value is -0.800. The summed E-state index contributed by atoms with van der Waals surface area (Å²) in [6.07, 6.45) is 4.04. The molecule has 1 saturated heterocycles. The van der Waals surface area contributed by atoms with E-state index in [1.165, 1.54) is 19.5 Å². The summed E-state index contributed by atoms with van der Waals surface area (Å²) in [6, 6.07) is 5.85. The maximum atomic E-state index is 5.41. The molecule has 1 aliphatic rings. The van der Waals surface area contributed by atoms with Crippen LogP contribution >= 0.6 is 0 Å². The predicted octanol–water partition coefficient (Wildman–Crippen LogP) is 2.28. The number of hydrogen-bond donors (Lipinski definition) is 1. The third kappa shape index (κ3) is 3.58. The third-order valence-electron chi connectivity index (χ3n) is 3.49. The van der Waals surface area contributed by atoms with Gasteiger partial charge in [-0.15, -0.1) is 0 Å². The average molecular weight is 236 g/mol. The highest BCUT2D eigenvalue weighted by Gasteiger charge is 2.26. The number of nitrogens with zero attached hydrogens (tertiary/aromatic N) is 1. The molecule has 2 heterocycles. The first-order valence-corrected chi connectivity index (χ1v) is 6.67. The number of rotatable bonds is 5. The van der Waals surface area contributed by atoms with Crippen LogP contribution in [-0.2, 0) is 6.42 Å². The molecule has 2 unspecified atom stereocenters. The largest absolute Gasteiger partial charge is 0.469 e. The number of likely N-dealkylation sites (tertiary alicyclic amines) is 1. The molecule has 0 aromatic carbocycles. The van der Waals surface area contributed by atoms with Crippen LogP contribution in [0, 0.1) is 0 Å². The van der Waals surface area contributed by atoms with Crippen molar-refractivity contribution >= 4 is 0 Å². The molecule has 0 bridgehead atoms. The smallest absolute Gasteiger partial charge is 0.105 e. The van der Waals surface area contributed by atoms with Gasteiger partial charge in [-0.05, 0) is 25.5 Å². The van der Waals surface area contributed by atoms with Gasteiger partial charge in [-0.1, -0.05) is 13.8 Å². The van der Waals surface area contributed by atoms with E-state index < -0.39 is 0 Å². The van der Waals surface area contributed by atoms with Gasteiger partial charge >= 0.3 is 0 Å². The van der Waals surface area contributed by atoms with E-state index in [2.05, 4.69) is 37.1 Å². The minimum absolute atomic E-state index is 0.570. The van der Waals surface area contributed by atoms with E-state index in [0.717, 1.165) is 12.2 Å². The van der Waals surface area contributed by atoms with Crippen molar-refractivity contribution in [1.82, 2.24) is 10.2 Å². The number of nitrogens with one attached hydrogen (secondary N) is 1. The Bertz CT molecular complexity index is 321. The van der Waals surface area contributed by atoms with Crippen LogP contribution in [0.25, 0.3) is 0 Å². The van der Waals surface area contributed by atoms with Crippen LogP contribution in [0.1, 0.15) is 33.0 Å². The summed E-state index contributed by atoms with van der Waals surface area (Å²) in [5.41, 5.74) is 0. The molecule has 3 heteroatoms. The van der Waals surface area contributed by atoms with Gasteiger partial charge in [0, 0.05) is 37.6 Å². The molecule has 3 nitrogen and oxygen atoms in total. The summed E-state index contributed by atoms with van der Waals surface area (Å²) in [4.78, 5) is 2.56. The predicted molar refractivity (Wildman–Crippen MR) is 70.1 cm³/mol. The van der Waals surface area contributed by atoms with Crippen LogP contribution in [0.2, 0.25) is 0 Å². The van der Waals surface area contributed by atoms with Gasteiger partial charge in [0.1, 0.15) is 5.76 Å². The van der Waals surface area contributed by atoms with Gasteiger partial charge in [-0.25, -0.2) is 0 Å². The van der Waals surface area contributed by atoms with Crippen molar-refractivity contribution in [3.63, 3.8) is 0 Å². The highest BCUT2D eigenvalue weighted by molar-refractivity contribution is 5.01. The van der Waals surface area contributed by atoms with Crippen LogP contribution in [0.3, 0.4) is 0 Å². The lowest BCUT2D eigenvalue weighted by Gasteiger charge is -2.24. The summed E-state index contributed by atoms with van der Waals surface area (Å²) in [6.45, 7) is 9.09. The van der Waals surface area contributed by atoms with Gasteiger partial charge in [0.05, 0.1) is 6.26 Å². The molecule has 1 fully saturated rings. The molecule has 96 valence electrons. The molecule has 0 radical (unpaired) electrons. The second-order valence-electron chi connectivity index (χ2n) is 5.43. The molecule has 0 amide bonds. The molecule has 1 aromatic heterocycles. The Morgan fingerprint density at radius 3 is 2.94 bits per heavy atom. The van der Waals surface area contributed by atoms with Gasteiger partial charge in [-0.3, -0.25) is 4.90 Å². The van der Waals surface area contributed by atoms with Crippen molar-refractivity contribution in [3.05, 3.63) is 24.2 Å². The monoisotopic (exact) mass is 236 g/mol. The normalized spacial score (nSPS) is 23.4. The lowest BCUT2D eigenvalue weighted by Crippen LogP contribution is -2.39. The average Bonchev–Trinajstić information content (AvgIpc) is 2.87. The Morgan fingerprint density at radius 2 is 2.29 bits per heavy atom. The van der Waals surface area contributed by atoms with E-state index in [-0.39, 0.29) is 0 Å². The van der Waals surface area contributed by atoms with E-state index in [9.17, 15) is 0 Å². The summed E-state index contributed by atoms with van der Waals surface area (Å²) in [5, 5.41) is 3.62. The molecule has 0 spiro atoms. The summed E-state index contributed by atoms with van der Waals surface area (Å²) in [7, 11) is 0. The van der Waals surface area contributed by atoms with E-state index in [1.807, 2.05) is 6.07 Å². The summed E-state index contributed by atoms with van der Waals surface area (Å²) >= 11 is 0. The Kier molecular flexibility index (Phi) is 4.24. The lowest BCUT2D eigenvalue weighted by atomic mass is 10.2. The number of hydrogen-bond acceptors (Lipinski definition) is 3. The maximum absolute atomic E-state index is 5.41. The molecule has 1 aliphatic heterocycles. The van der Waals surface area contributed by atoms with E-state index in [0.29, 0.717) is 18.1 Å². The first kappa shape index (κ1) is 12.7. The molecule has 1 aromatic rings. The fourth-order valence-electron chi connectivity index (χ4n) is 2.64. The minimum Gasteiger partial charge on any atom is -0.469 e.